The number of aryl methyl sites for hydroxylation is 1. The molecule has 0 aliphatic carbocycles. The number of hydrogen-bond acceptors (Lipinski definition) is 7. The van der Waals surface area contributed by atoms with E-state index in [-0.39, 0.29) is 23.2 Å². The minimum absolute atomic E-state index is 0.104. The van der Waals surface area contributed by atoms with Crippen LogP contribution in [0.2, 0.25) is 0 Å². The highest BCUT2D eigenvalue weighted by Gasteiger charge is 2.22. The van der Waals surface area contributed by atoms with Gasteiger partial charge in [-0.3, -0.25) is 14.9 Å². The van der Waals surface area contributed by atoms with E-state index in [4.69, 9.17) is 5.73 Å². The second-order valence-electron chi connectivity index (χ2n) is 5.30. The summed E-state index contributed by atoms with van der Waals surface area (Å²) in [6, 6.07) is 4.35. The van der Waals surface area contributed by atoms with E-state index in [1.807, 2.05) is 19.2 Å². The number of nitro benzene ring substituents is 1. The van der Waals surface area contributed by atoms with Gasteiger partial charge in [0.15, 0.2) is 4.34 Å². The van der Waals surface area contributed by atoms with E-state index in [0.717, 1.165) is 10.0 Å². The average Bonchev–Trinajstić information content (AvgIpc) is 2.97. The lowest BCUT2D eigenvalue weighted by atomic mass is 10.1. The fraction of sp³-hybridized carbons (Fsp3) is 0.333. The number of benzene rings is 1. The number of hydrogen-bond donors (Lipinski definition) is 1. The van der Waals surface area contributed by atoms with Crippen LogP contribution in [0.1, 0.15) is 23.0 Å². The lowest BCUT2D eigenvalue weighted by molar-refractivity contribution is -0.387. The summed E-state index contributed by atoms with van der Waals surface area (Å²) in [5.74, 6) is -0.294. The van der Waals surface area contributed by atoms with E-state index in [1.165, 1.54) is 34.1 Å². The van der Waals surface area contributed by atoms with Crippen molar-refractivity contribution in [1.82, 2.24) is 9.88 Å². The number of likely N-dealkylation sites (N-methyl/N-ethyl adjacent to an activating group) is 1. The quantitative estimate of drug-likeness (QED) is 0.623. The summed E-state index contributed by atoms with van der Waals surface area (Å²) in [6.45, 7) is 4.01. The molecule has 0 aliphatic rings. The Morgan fingerprint density at radius 2 is 2.25 bits per heavy atom. The number of nitrogens with zero attached hydrogens (tertiary/aromatic N) is 3. The molecule has 0 fully saturated rings. The van der Waals surface area contributed by atoms with Crippen LogP contribution in [-0.4, -0.2) is 40.3 Å². The van der Waals surface area contributed by atoms with Gasteiger partial charge in [-0.2, -0.15) is 0 Å². The fourth-order valence-electron chi connectivity index (χ4n) is 1.91. The van der Waals surface area contributed by atoms with E-state index in [0.29, 0.717) is 11.4 Å². The summed E-state index contributed by atoms with van der Waals surface area (Å²) in [5, 5.41) is 13.3. The first-order chi connectivity index (χ1) is 11.3. The zero-order chi connectivity index (χ0) is 17.9. The van der Waals surface area contributed by atoms with Gasteiger partial charge in [0.2, 0.25) is 0 Å². The monoisotopic (exact) mass is 366 g/mol. The molecule has 7 nitrogen and oxygen atoms in total. The zero-order valence-corrected chi connectivity index (χ0v) is 15.2. The lowest BCUT2D eigenvalue weighted by Crippen LogP contribution is -2.39. The lowest BCUT2D eigenvalue weighted by Gasteiger charge is -2.23. The Morgan fingerprint density at radius 3 is 2.79 bits per heavy atom. The molecule has 24 heavy (non-hydrogen) atoms. The molecule has 9 heteroatoms. The predicted octanol–water partition coefficient (Wildman–Crippen LogP) is 2.93. The van der Waals surface area contributed by atoms with Crippen LogP contribution < -0.4 is 5.73 Å². The maximum Gasteiger partial charge on any atom is 0.284 e. The van der Waals surface area contributed by atoms with Gasteiger partial charge in [0.05, 0.1) is 9.82 Å². The van der Waals surface area contributed by atoms with Gasteiger partial charge in [-0.05, 0) is 26.0 Å². The van der Waals surface area contributed by atoms with Gasteiger partial charge in [-0.1, -0.05) is 11.8 Å². The van der Waals surface area contributed by atoms with Crippen molar-refractivity contribution >= 4 is 34.7 Å². The van der Waals surface area contributed by atoms with E-state index in [2.05, 4.69) is 4.98 Å². The summed E-state index contributed by atoms with van der Waals surface area (Å²) in [4.78, 5) is 29.6. The first-order valence-electron chi connectivity index (χ1n) is 7.19. The van der Waals surface area contributed by atoms with Crippen molar-refractivity contribution in [1.29, 1.82) is 0 Å². The molecule has 1 aromatic heterocycles. The van der Waals surface area contributed by atoms with E-state index in [9.17, 15) is 14.9 Å². The summed E-state index contributed by atoms with van der Waals surface area (Å²) in [5.41, 5.74) is 6.60. The molecular formula is C15H18N4O3S2. The second kappa shape index (κ2) is 7.73. The smallest absolute Gasteiger partial charge is 0.284 e. The molecule has 2 N–H and O–H groups in total. The van der Waals surface area contributed by atoms with Crippen LogP contribution in [0.25, 0.3) is 0 Å². The van der Waals surface area contributed by atoms with Crippen LogP contribution in [0.3, 0.4) is 0 Å². The molecule has 2 rings (SSSR count). The van der Waals surface area contributed by atoms with Crippen molar-refractivity contribution in [3.8, 4) is 0 Å². The van der Waals surface area contributed by atoms with Gasteiger partial charge in [0.25, 0.3) is 11.6 Å². The highest BCUT2D eigenvalue weighted by Crippen LogP contribution is 2.36. The Balaban J connectivity index is 2.32. The van der Waals surface area contributed by atoms with Gasteiger partial charge in [0.1, 0.15) is 0 Å². The molecule has 1 atom stereocenters. The van der Waals surface area contributed by atoms with Crippen LogP contribution in [0, 0.1) is 17.0 Å². The number of aromatic nitrogens is 1. The molecule has 0 saturated heterocycles. The average molecular weight is 366 g/mol. The fourth-order valence-corrected chi connectivity index (χ4v) is 3.79. The Labute approximate surface area is 148 Å². The molecule has 0 bridgehead atoms. The molecule has 0 radical (unpaired) electrons. The number of amides is 1. The van der Waals surface area contributed by atoms with Crippen LogP contribution in [-0.2, 0) is 0 Å². The van der Waals surface area contributed by atoms with Crippen molar-refractivity contribution < 1.29 is 9.72 Å². The summed E-state index contributed by atoms with van der Waals surface area (Å²) >= 11 is 2.65. The Kier molecular flexibility index (Phi) is 5.92. The molecular weight excluding hydrogens is 348 g/mol. The van der Waals surface area contributed by atoms with Gasteiger partial charge in [-0.25, -0.2) is 4.98 Å². The van der Waals surface area contributed by atoms with Crippen molar-refractivity contribution in [3.63, 3.8) is 0 Å². The maximum atomic E-state index is 12.4. The van der Waals surface area contributed by atoms with E-state index >= 15 is 0 Å². The molecule has 1 heterocycles. The van der Waals surface area contributed by atoms with Crippen LogP contribution in [0.4, 0.5) is 5.69 Å². The third kappa shape index (κ3) is 4.11. The number of carbonyl (C=O) groups excluding carboxylic acids is 1. The molecule has 0 spiro atoms. The van der Waals surface area contributed by atoms with Gasteiger partial charge in [0, 0.05) is 42.3 Å². The second-order valence-corrected chi connectivity index (χ2v) is 7.44. The van der Waals surface area contributed by atoms with Crippen LogP contribution >= 0.6 is 23.1 Å². The molecule has 1 unspecified atom stereocenters. The maximum absolute atomic E-state index is 12.4. The molecule has 0 aliphatic heterocycles. The largest absolute Gasteiger partial charge is 0.338 e. The number of nitrogens with two attached hydrogens (primary N) is 1. The summed E-state index contributed by atoms with van der Waals surface area (Å²) < 4.78 is 0.726. The summed E-state index contributed by atoms with van der Waals surface area (Å²) in [7, 11) is 1.63. The van der Waals surface area contributed by atoms with Gasteiger partial charge < -0.3 is 10.6 Å². The molecule has 0 saturated carbocycles. The minimum atomic E-state index is -0.480. The summed E-state index contributed by atoms with van der Waals surface area (Å²) in [6.07, 6.45) is 0. The molecule has 128 valence electrons. The first kappa shape index (κ1) is 18.4. The number of carbonyl (C=O) groups is 1. The van der Waals surface area contributed by atoms with Gasteiger partial charge in [-0.15, -0.1) is 11.3 Å². The van der Waals surface area contributed by atoms with E-state index < -0.39 is 4.92 Å². The van der Waals surface area contributed by atoms with Crippen LogP contribution in [0.5, 0.6) is 0 Å². The van der Waals surface area contributed by atoms with Gasteiger partial charge >= 0.3 is 0 Å². The van der Waals surface area contributed by atoms with Crippen molar-refractivity contribution in [2.24, 2.45) is 5.73 Å². The SMILES string of the molecule is Cc1csc(Sc2ccc(C(=O)N(C)C(C)CN)cc2[N+](=O)[O-])n1. The first-order valence-corrected chi connectivity index (χ1v) is 8.88. The Hall–Kier alpha value is -1.97. The molecule has 1 aromatic carbocycles. The van der Waals surface area contributed by atoms with Crippen LogP contribution in [0.15, 0.2) is 32.8 Å². The zero-order valence-electron chi connectivity index (χ0n) is 13.6. The number of rotatable bonds is 6. The molecule has 2 aromatic rings. The van der Waals surface area contributed by atoms with Crippen molar-refractivity contribution in [2.45, 2.75) is 29.1 Å². The van der Waals surface area contributed by atoms with Crippen molar-refractivity contribution in [3.05, 3.63) is 45.0 Å². The van der Waals surface area contributed by atoms with Crippen molar-refractivity contribution in [2.75, 3.05) is 13.6 Å². The highest BCUT2D eigenvalue weighted by molar-refractivity contribution is 8.01. The highest BCUT2D eigenvalue weighted by atomic mass is 32.2. The Morgan fingerprint density at radius 1 is 1.54 bits per heavy atom. The third-order valence-electron chi connectivity index (χ3n) is 3.52. The normalized spacial score (nSPS) is 12.0. The van der Waals surface area contributed by atoms with E-state index in [1.54, 1.807) is 19.2 Å². The standard InChI is InChI=1S/C15H18N4O3S2/c1-9-8-23-15(17-9)24-13-5-4-11(6-12(13)19(21)22)14(20)18(3)10(2)7-16/h4-6,8,10H,7,16H2,1-3H3. The topological polar surface area (TPSA) is 102 Å². The number of nitro groups is 1. The number of thiazole rings is 1. The third-order valence-corrected chi connectivity index (χ3v) is 5.64. The molecule has 1 amide bonds. The predicted molar refractivity (Wildman–Crippen MR) is 94.7 cm³/mol. The minimum Gasteiger partial charge on any atom is -0.338 e. The Bertz CT molecular complexity index is 763.